The predicted octanol–water partition coefficient (Wildman–Crippen LogP) is 2.48. The molecule has 0 fully saturated rings. The molecular formula is C9H7F3INO2. The van der Waals surface area contributed by atoms with E-state index in [9.17, 15) is 18.0 Å². The van der Waals surface area contributed by atoms with Crippen LogP contribution in [-0.2, 0) is 16.0 Å². The van der Waals surface area contributed by atoms with E-state index in [-0.39, 0.29) is 15.7 Å². The molecule has 0 amide bonds. The molecule has 16 heavy (non-hydrogen) atoms. The summed E-state index contributed by atoms with van der Waals surface area (Å²) < 4.78 is 42.2. The standard InChI is InChI=1S/C9H7F3INO2/c1-16-6(15)3-4-2-5(10)7(8(11)12)14-9(4)13/h2,8H,3H2,1H3. The lowest BCUT2D eigenvalue weighted by Crippen LogP contribution is -2.09. The molecule has 1 heterocycles. The average molecular weight is 345 g/mol. The van der Waals surface area contributed by atoms with Gasteiger partial charge in [0, 0.05) is 0 Å². The molecule has 0 aliphatic heterocycles. The summed E-state index contributed by atoms with van der Waals surface area (Å²) in [6.07, 6.45) is -3.16. The van der Waals surface area contributed by atoms with Gasteiger partial charge in [0.15, 0.2) is 5.82 Å². The first kappa shape index (κ1) is 13.2. The fraction of sp³-hybridized carbons (Fsp3) is 0.333. The van der Waals surface area contributed by atoms with Crippen LogP contribution in [0, 0.1) is 9.52 Å². The molecule has 0 aliphatic rings. The number of alkyl halides is 2. The zero-order chi connectivity index (χ0) is 12.3. The third-order valence-electron chi connectivity index (χ3n) is 1.80. The molecule has 3 nitrogen and oxygen atoms in total. The van der Waals surface area contributed by atoms with Crippen LogP contribution in [0.2, 0.25) is 0 Å². The zero-order valence-electron chi connectivity index (χ0n) is 8.14. The second kappa shape index (κ2) is 5.46. The number of methoxy groups -OCH3 is 1. The Bertz CT molecular complexity index is 412. The summed E-state index contributed by atoms with van der Waals surface area (Å²) in [5.41, 5.74) is -0.674. The minimum absolute atomic E-state index is 0.166. The van der Waals surface area contributed by atoms with Crippen LogP contribution in [0.4, 0.5) is 13.2 Å². The molecule has 0 spiro atoms. The van der Waals surface area contributed by atoms with Gasteiger partial charge in [-0.05, 0) is 34.2 Å². The Morgan fingerprint density at radius 2 is 2.25 bits per heavy atom. The average Bonchev–Trinajstić information content (AvgIpc) is 2.22. The minimum Gasteiger partial charge on any atom is -0.469 e. The molecule has 0 aromatic carbocycles. The lowest BCUT2D eigenvalue weighted by atomic mass is 10.2. The van der Waals surface area contributed by atoms with Crippen molar-refractivity contribution in [2.45, 2.75) is 12.8 Å². The van der Waals surface area contributed by atoms with Gasteiger partial charge in [-0.3, -0.25) is 4.79 Å². The summed E-state index contributed by atoms with van der Waals surface area (Å²) in [5.74, 6) is -1.70. The van der Waals surface area contributed by atoms with Gasteiger partial charge in [-0.1, -0.05) is 0 Å². The van der Waals surface area contributed by atoms with E-state index in [0.29, 0.717) is 0 Å². The molecule has 1 aromatic heterocycles. The van der Waals surface area contributed by atoms with Gasteiger partial charge < -0.3 is 4.74 Å². The highest BCUT2D eigenvalue weighted by molar-refractivity contribution is 14.1. The summed E-state index contributed by atoms with van der Waals surface area (Å²) in [7, 11) is 1.19. The van der Waals surface area contributed by atoms with E-state index in [0.717, 1.165) is 6.07 Å². The molecular weight excluding hydrogens is 338 g/mol. The molecule has 0 saturated heterocycles. The first-order valence-corrected chi connectivity index (χ1v) is 5.23. The zero-order valence-corrected chi connectivity index (χ0v) is 10.3. The number of esters is 1. The monoisotopic (exact) mass is 345 g/mol. The SMILES string of the molecule is COC(=O)Cc1cc(F)c(C(F)F)nc1I. The Morgan fingerprint density at radius 3 is 2.75 bits per heavy atom. The van der Waals surface area contributed by atoms with Gasteiger partial charge in [0.05, 0.1) is 13.5 Å². The quantitative estimate of drug-likeness (QED) is 0.480. The summed E-state index contributed by atoms with van der Waals surface area (Å²) in [6, 6.07) is 0.882. The molecule has 0 aliphatic carbocycles. The fourth-order valence-corrected chi connectivity index (χ4v) is 1.63. The third-order valence-corrected chi connectivity index (χ3v) is 2.73. The van der Waals surface area contributed by atoms with Crippen molar-refractivity contribution in [3.05, 3.63) is 26.8 Å². The van der Waals surface area contributed by atoms with Crippen molar-refractivity contribution >= 4 is 28.6 Å². The molecule has 0 saturated carbocycles. The largest absolute Gasteiger partial charge is 0.469 e. The van der Waals surface area contributed by atoms with Crippen molar-refractivity contribution in [3.8, 4) is 0 Å². The number of rotatable bonds is 3. The van der Waals surface area contributed by atoms with Crippen LogP contribution in [0.3, 0.4) is 0 Å². The molecule has 0 radical (unpaired) electrons. The van der Waals surface area contributed by atoms with Crippen LogP contribution >= 0.6 is 22.6 Å². The fourth-order valence-electron chi connectivity index (χ4n) is 1.02. The molecule has 0 unspecified atom stereocenters. The lowest BCUT2D eigenvalue weighted by Gasteiger charge is -2.06. The maximum Gasteiger partial charge on any atom is 0.310 e. The molecule has 0 N–H and O–H groups in total. The maximum absolute atomic E-state index is 13.1. The number of hydrogen-bond acceptors (Lipinski definition) is 3. The number of hydrogen-bond donors (Lipinski definition) is 0. The summed E-state index contributed by atoms with van der Waals surface area (Å²) in [6.45, 7) is 0. The summed E-state index contributed by atoms with van der Waals surface area (Å²) in [5, 5.41) is 0. The number of aromatic nitrogens is 1. The molecule has 7 heteroatoms. The van der Waals surface area contributed by atoms with Gasteiger partial charge in [-0.2, -0.15) is 0 Å². The van der Waals surface area contributed by atoms with Crippen molar-refractivity contribution in [2.24, 2.45) is 0 Å². The van der Waals surface area contributed by atoms with E-state index < -0.39 is 23.9 Å². The van der Waals surface area contributed by atoms with Crippen molar-refractivity contribution in [2.75, 3.05) is 7.11 Å². The smallest absolute Gasteiger partial charge is 0.310 e. The topological polar surface area (TPSA) is 39.2 Å². The molecule has 1 aromatic rings. The van der Waals surface area contributed by atoms with Gasteiger partial charge in [0.25, 0.3) is 6.43 Å². The number of pyridine rings is 1. The van der Waals surface area contributed by atoms with Gasteiger partial charge in [-0.25, -0.2) is 18.2 Å². The summed E-state index contributed by atoms with van der Waals surface area (Å²) >= 11 is 1.67. The van der Waals surface area contributed by atoms with Crippen LogP contribution in [0.1, 0.15) is 17.7 Å². The first-order chi connectivity index (χ1) is 7.45. The number of halogens is 4. The van der Waals surface area contributed by atoms with E-state index in [2.05, 4.69) is 9.72 Å². The van der Waals surface area contributed by atoms with Crippen LogP contribution in [0.25, 0.3) is 0 Å². The third kappa shape index (κ3) is 3.06. The Labute approximate surface area is 103 Å². The Hall–Kier alpha value is -0.860. The van der Waals surface area contributed by atoms with Crippen LogP contribution in [-0.4, -0.2) is 18.1 Å². The number of nitrogens with zero attached hydrogens (tertiary/aromatic N) is 1. The van der Waals surface area contributed by atoms with Crippen molar-refractivity contribution in [1.82, 2.24) is 4.98 Å². The normalized spacial score (nSPS) is 10.6. The second-order valence-corrected chi connectivity index (χ2v) is 3.88. The van der Waals surface area contributed by atoms with Crippen molar-refractivity contribution in [3.63, 3.8) is 0 Å². The number of ether oxygens (including phenoxy) is 1. The van der Waals surface area contributed by atoms with Gasteiger partial charge >= 0.3 is 5.97 Å². The Kier molecular flexibility index (Phi) is 4.51. The van der Waals surface area contributed by atoms with Gasteiger partial charge in [-0.15, -0.1) is 0 Å². The Balaban J connectivity index is 3.05. The maximum atomic E-state index is 13.1. The van der Waals surface area contributed by atoms with E-state index >= 15 is 0 Å². The van der Waals surface area contributed by atoms with Crippen LogP contribution in [0.5, 0.6) is 0 Å². The lowest BCUT2D eigenvalue weighted by molar-refractivity contribution is -0.139. The van der Waals surface area contributed by atoms with E-state index in [4.69, 9.17) is 0 Å². The molecule has 0 atom stereocenters. The van der Waals surface area contributed by atoms with Crippen molar-refractivity contribution in [1.29, 1.82) is 0 Å². The molecule has 1 rings (SSSR count). The van der Waals surface area contributed by atoms with Crippen molar-refractivity contribution < 1.29 is 22.7 Å². The van der Waals surface area contributed by atoms with Gasteiger partial charge in [0.1, 0.15) is 9.39 Å². The van der Waals surface area contributed by atoms with E-state index in [1.165, 1.54) is 7.11 Å². The summed E-state index contributed by atoms with van der Waals surface area (Å²) in [4.78, 5) is 14.4. The molecule has 0 bridgehead atoms. The van der Waals surface area contributed by atoms with E-state index in [1.807, 2.05) is 0 Å². The highest BCUT2D eigenvalue weighted by Crippen LogP contribution is 2.23. The molecule has 88 valence electrons. The van der Waals surface area contributed by atoms with E-state index in [1.54, 1.807) is 22.6 Å². The predicted molar refractivity (Wildman–Crippen MR) is 57.6 cm³/mol. The number of carbonyl (C=O) groups excluding carboxylic acids is 1. The van der Waals surface area contributed by atoms with Crippen LogP contribution in [0.15, 0.2) is 6.07 Å². The van der Waals surface area contributed by atoms with Crippen LogP contribution < -0.4 is 0 Å². The highest BCUT2D eigenvalue weighted by atomic mass is 127. The second-order valence-electron chi connectivity index (χ2n) is 2.86. The Morgan fingerprint density at radius 1 is 1.62 bits per heavy atom. The highest BCUT2D eigenvalue weighted by Gasteiger charge is 2.19. The number of carbonyl (C=O) groups is 1. The minimum atomic E-state index is -2.97. The first-order valence-electron chi connectivity index (χ1n) is 4.15. The van der Waals surface area contributed by atoms with Gasteiger partial charge in [0.2, 0.25) is 0 Å².